The molecule has 0 bridgehead atoms. The van der Waals surface area contributed by atoms with Crippen LogP contribution in [0.3, 0.4) is 0 Å². The number of carbonyl (C=O) groups is 1. The minimum Gasteiger partial charge on any atom is -0.341 e. The van der Waals surface area contributed by atoms with Gasteiger partial charge in [-0.1, -0.05) is 20.8 Å². The fourth-order valence-electron chi connectivity index (χ4n) is 3.21. The average molecular weight is 238 g/mol. The molecule has 0 radical (unpaired) electrons. The van der Waals surface area contributed by atoms with Crippen LogP contribution >= 0.6 is 0 Å². The van der Waals surface area contributed by atoms with E-state index in [0.29, 0.717) is 17.7 Å². The van der Waals surface area contributed by atoms with Crippen LogP contribution in [0.15, 0.2) is 0 Å². The zero-order chi connectivity index (χ0) is 12.5. The summed E-state index contributed by atoms with van der Waals surface area (Å²) in [5.41, 5.74) is 0.484. The van der Waals surface area contributed by atoms with E-state index in [1.165, 1.54) is 32.5 Å². The van der Waals surface area contributed by atoms with Crippen molar-refractivity contribution in [2.45, 2.75) is 40.0 Å². The van der Waals surface area contributed by atoms with Gasteiger partial charge in [0.1, 0.15) is 0 Å². The Morgan fingerprint density at radius 2 is 1.82 bits per heavy atom. The van der Waals surface area contributed by atoms with E-state index >= 15 is 0 Å². The van der Waals surface area contributed by atoms with Gasteiger partial charge in [0.05, 0.1) is 0 Å². The fraction of sp³-hybridized carbons (Fsp3) is 0.929. The van der Waals surface area contributed by atoms with Gasteiger partial charge >= 0.3 is 0 Å². The molecule has 1 spiro atoms. The molecule has 0 aromatic rings. The Kier molecular flexibility index (Phi) is 3.76. The van der Waals surface area contributed by atoms with Gasteiger partial charge in [0.15, 0.2) is 0 Å². The molecule has 2 aliphatic rings. The van der Waals surface area contributed by atoms with Gasteiger partial charge in [0.2, 0.25) is 5.91 Å². The summed E-state index contributed by atoms with van der Waals surface area (Å²) >= 11 is 0. The zero-order valence-corrected chi connectivity index (χ0v) is 11.5. The number of nitrogens with zero attached hydrogens (tertiary/aromatic N) is 2. The van der Waals surface area contributed by atoms with E-state index in [1.54, 1.807) is 0 Å². The Labute approximate surface area is 105 Å². The first-order valence-corrected chi connectivity index (χ1v) is 7.05. The van der Waals surface area contributed by atoms with Crippen LogP contribution < -0.4 is 0 Å². The van der Waals surface area contributed by atoms with Gasteiger partial charge < -0.3 is 9.80 Å². The highest BCUT2D eigenvalue weighted by atomic mass is 16.2. The molecule has 0 atom stereocenters. The maximum absolute atomic E-state index is 11.5. The van der Waals surface area contributed by atoms with E-state index in [0.717, 1.165) is 19.0 Å². The number of likely N-dealkylation sites (tertiary alicyclic amines) is 2. The standard InChI is InChI=1S/C14H26N2O/c1-4-13(17)16-10-14(11-16)5-7-15(8-6-14)9-12(2)3/h12H,4-11H2,1-3H3. The van der Waals surface area contributed by atoms with Crippen molar-refractivity contribution in [3.05, 3.63) is 0 Å². The van der Waals surface area contributed by atoms with Gasteiger partial charge in [-0.25, -0.2) is 0 Å². The van der Waals surface area contributed by atoms with Crippen LogP contribution in [0, 0.1) is 11.3 Å². The third kappa shape index (κ3) is 2.82. The Hall–Kier alpha value is -0.570. The molecule has 2 aliphatic heterocycles. The summed E-state index contributed by atoms with van der Waals surface area (Å²) in [6.07, 6.45) is 3.23. The summed E-state index contributed by atoms with van der Waals surface area (Å²) in [5, 5.41) is 0. The maximum Gasteiger partial charge on any atom is 0.222 e. The summed E-state index contributed by atoms with van der Waals surface area (Å²) < 4.78 is 0. The monoisotopic (exact) mass is 238 g/mol. The van der Waals surface area contributed by atoms with Crippen LogP contribution in [-0.4, -0.2) is 48.4 Å². The van der Waals surface area contributed by atoms with Crippen LogP contribution in [0.2, 0.25) is 0 Å². The molecule has 2 fully saturated rings. The van der Waals surface area contributed by atoms with Crippen molar-refractivity contribution in [2.24, 2.45) is 11.3 Å². The van der Waals surface area contributed by atoms with Crippen LogP contribution in [-0.2, 0) is 4.79 Å². The van der Waals surface area contributed by atoms with E-state index in [1.807, 2.05) is 11.8 Å². The van der Waals surface area contributed by atoms with Gasteiger partial charge in [0, 0.05) is 31.5 Å². The Morgan fingerprint density at radius 3 is 2.29 bits per heavy atom. The highest BCUT2D eigenvalue weighted by molar-refractivity contribution is 5.76. The van der Waals surface area contributed by atoms with E-state index in [9.17, 15) is 4.79 Å². The lowest BCUT2D eigenvalue weighted by Crippen LogP contribution is -2.61. The number of hydrogen-bond donors (Lipinski definition) is 0. The molecule has 0 unspecified atom stereocenters. The summed E-state index contributed by atoms with van der Waals surface area (Å²) in [6, 6.07) is 0. The van der Waals surface area contributed by atoms with Crippen molar-refractivity contribution < 1.29 is 4.79 Å². The number of amides is 1. The molecule has 0 aliphatic carbocycles. The number of rotatable bonds is 3. The molecular formula is C14H26N2O. The average Bonchev–Trinajstić information content (AvgIpc) is 2.25. The molecule has 0 aromatic heterocycles. The van der Waals surface area contributed by atoms with E-state index in [-0.39, 0.29) is 0 Å². The van der Waals surface area contributed by atoms with Crippen LogP contribution in [0.5, 0.6) is 0 Å². The minimum atomic E-state index is 0.334. The first kappa shape index (κ1) is 12.9. The summed E-state index contributed by atoms with van der Waals surface area (Å²) in [7, 11) is 0. The molecule has 3 heteroatoms. The summed E-state index contributed by atoms with van der Waals surface area (Å²) in [4.78, 5) is 16.2. The Bertz CT molecular complexity index is 272. The van der Waals surface area contributed by atoms with Gasteiger partial charge in [-0.05, 0) is 31.8 Å². The third-order valence-corrected chi connectivity index (χ3v) is 4.25. The molecule has 17 heavy (non-hydrogen) atoms. The van der Waals surface area contributed by atoms with Gasteiger partial charge in [-0.15, -0.1) is 0 Å². The molecule has 0 saturated carbocycles. The van der Waals surface area contributed by atoms with Crippen molar-refractivity contribution in [1.29, 1.82) is 0 Å². The number of piperidine rings is 1. The largest absolute Gasteiger partial charge is 0.341 e. The lowest BCUT2D eigenvalue weighted by atomic mass is 9.72. The van der Waals surface area contributed by atoms with Crippen molar-refractivity contribution in [1.82, 2.24) is 9.80 Å². The first-order valence-electron chi connectivity index (χ1n) is 7.05. The Morgan fingerprint density at radius 1 is 1.24 bits per heavy atom. The van der Waals surface area contributed by atoms with E-state index in [2.05, 4.69) is 18.7 Å². The molecular weight excluding hydrogens is 212 g/mol. The highest BCUT2D eigenvalue weighted by Crippen LogP contribution is 2.40. The van der Waals surface area contributed by atoms with E-state index < -0.39 is 0 Å². The second-order valence-electron chi connectivity index (χ2n) is 6.30. The van der Waals surface area contributed by atoms with Crippen LogP contribution in [0.25, 0.3) is 0 Å². The SMILES string of the molecule is CCC(=O)N1CC2(CCN(CC(C)C)CC2)C1. The molecule has 2 saturated heterocycles. The predicted octanol–water partition coefficient (Wildman–Crippen LogP) is 1.98. The molecule has 2 heterocycles. The van der Waals surface area contributed by atoms with E-state index in [4.69, 9.17) is 0 Å². The van der Waals surface area contributed by atoms with Gasteiger partial charge in [-0.3, -0.25) is 4.79 Å². The van der Waals surface area contributed by atoms with Crippen LogP contribution in [0.1, 0.15) is 40.0 Å². The van der Waals surface area contributed by atoms with Gasteiger partial charge in [0.25, 0.3) is 0 Å². The van der Waals surface area contributed by atoms with Crippen molar-refractivity contribution in [2.75, 3.05) is 32.7 Å². The lowest BCUT2D eigenvalue weighted by molar-refractivity contribution is -0.146. The summed E-state index contributed by atoms with van der Waals surface area (Å²) in [6.45, 7) is 12.3. The molecule has 3 nitrogen and oxygen atoms in total. The minimum absolute atomic E-state index is 0.334. The number of carbonyl (C=O) groups excluding carboxylic acids is 1. The molecule has 1 amide bonds. The van der Waals surface area contributed by atoms with Gasteiger partial charge in [-0.2, -0.15) is 0 Å². The van der Waals surface area contributed by atoms with Crippen LogP contribution in [0.4, 0.5) is 0 Å². The maximum atomic E-state index is 11.5. The highest BCUT2D eigenvalue weighted by Gasteiger charge is 2.45. The Balaban J connectivity index is 1.75. The molecule has 98 valence electrons. The quantitative estimate of drug-likeness (QED) is 0.750. The smallest absolute Gasteiger partial charge is 0.222 e. The summed E-state index contributed by atoms with van der Waals surface area (Å²) in [5.74, 6) is 1.10. The van der Waals surface area contributed by atoms with Crippen molar-refractivity contribution in [3.8, 4) is 0 Å². The fourth-order valence-corrected chi connectivity index (χ4v) is 3.21. The first-order chi connectivity index (χ1) is 8.04. The molecule has 2 rings (SSSR count). The normalized spacial score (nSPS) is 24.1. The molecule has 0 N–H and O–H groups in total. The zero-order valence-electron chi connectivity index (χ0n) is 11.5. The van der Waals surface area contributed by atoms with Crippen molar-refractivity contribution >= 4 is 5.91 Å². The second-order valence-corrected chi connectivity index (χ2v) is 6.30. The predicted molar refractivity (Wildman–Crippen MR) is 69.8 cm³/mol. The topological polar surface area (TPSA) is 23.6 Å². The van der Waals surface area contributed by atoms with Crippen molar-refractivity contribution in [3.63, 3.8) is 0 Å². The third-order valence-electron chi connectivity index (χ3n) is 4.25. The number of hydrogen-bond acceptors (Lipinski definition) is 2. The second kappa shape index (κ2) is 4.97. The lowest BCUT2D eigenvalue weighted by Gasteiger charge is -2.54. The molecule has 0 aromatic carbocycles.